The highest BCUT2D eigenvalue weighted by molar-refractivity contribution is 5.35. The number of hydrogen-bond donors (Lipinski definition) is 0. The molecule has 1 fully saturated rings. The third-order valence-electron chi connectivity index (χ3n) is 3.71. The number of rotatable bonds is 3. The Morgan fingerprint density at radius 1 is 1.19 bits per heavy atom. The van der Waals surface area contributed by atoms with E-state index in [0.717, 1.165) is 25.7 Å². The molecule has 1 aliphatic rings. The molecule has 0 saturated heterocycles. The Labute approximate surface area is 95.9 Å². The van der Waals surface area contributed by atoms with Crippen LogP contribution in [0.3, 0.4) is 0 Å². The van der Waals surface area contributed by atoms with Crippen LogP contribution < -0.4 is 0 Å². The lowest BCUT2D eigenvalue weighted by atomic mass is 9.71. The van der Waals surface area contributed by atoms with Crippen LogP contribution in [0, 0.1) is 5.92 Å². The molecule has 1 aliphatic carbocycles. The molecule has 0 radical (unpaired) electrons. The summed E-state index contributed by atoms with van der Waals surface area (Å²) in [6, 6.07) is 0. The fourth-order valence-electron chi connectivity index (χ4n) is 2.38. The smallest absolute Gasteiger partial charge is 0.211 e. The first-order chi connectivity index (χ1) is 7.43. The molecule has 0 amide bonds. The van der Waals surface area contributed by atoms with Gasteiger partial charge in [0, 0.05) is 0 Å². The number of hydrogen-bond acceptors (Lipinski definition) is 4. The van der Waals surface area contributed by atoms with E-state index in [9.17, 15) is 9.59 Å². The number of carbonyl (C=O) groups excluding carboxylic acids is 2. The lowest BCUT2D eigenvalue weighted by molar-refractivity contribution is 0.187. The molecule has 16 heavy (non-hydrogen) atoms. The van der Waals surface area contributed by atoms with E-state index in [1.807, 2.05) is 20.8 Å². The zero-order chi connectivity index (χ0) is 12.2. The zero-order valence-electron chi connectivity index (χ0n) is 10.1. The van der Waals surface area contributed by atoms with Crippen molar-refractivity contribution >= 4 is 12.2 Å². The van der Waals surface area contributed by atoms with Crippen molar-refractivity contribution < 1.29 is 9.59 Å². The van der Waals surface area contributed by atoms with Crippen molar-refractivity contribution in [1.82, 2.24) is 0 Å². The van der Waals surface area contributed by atoms with E-state index in [4.69, 9.17) is 0 Å². The Kier molecular flexibility index (Phi) is 3.79. The fourth-order valence-corrected chi connectivity index (χ4v) is 2.38. The van der Waals surface area contributed by atoms with Crippen molar-refractivity contribution in [2.75, 3.05) is 0 Å². The summed E-state index contributed by atoms with van der Waals surface area (Å²) < 4.78 is 0. The molecule has 0 spiro atoms. The number of nitrogens with zero attached hydrogens (tertiary/aromatic N) is 2. The van der Waals surface area contributed by atoms with Crippen LogP contribution in [-0.4, -0.2) is 23.2 Å². The van der Waals surface area contributed by atoms with E-state index in [1.165, 1.54) is 0 Å². The third kappa shape index (κ3) is 2.88. The molecule has 4 heteroatoms. The maximum atomic E-state index is 10.3. The first kappa shape index (κ1) is 12.8. The third-order valence-corrected chi connectivity index (χ3v) is 3.71. The number of isocyanates is 2. The molecule has 0 atom stereocenters. The molecule has 1 rings (SSSR count). The molecule has 0 bridgehead atoms. The average molecular weight is 222 g/mol. The quantitative estimate of drug-likeness (QED) is 0.543. The topological polar surface area (TPSA) is 58.9 Å². The minimum atomic E-state index is -0.353. The van der Waals surface area contributed by atoms with Gasteiger partial charge in [-0.15, -0.1) is 0 Å². The van der Waals surface area contributed by atoms with Gasteiger partial charge in [-0.05, 0) is 52.4 Å². The maximum Gasteiger partial charge on any atom is 0.235 e. The van der Waals surface area contributed by atoms with E-state index in [0.29, 0.717) is 5.92 Å². The van der Waals surface area contributed by atoms with Crippen LogP contribution >= 0.6 is 0 Å². The van der Waals surface area contributed by atoms with Crippen LogP contribution in [0.4, 0.5) is 0 Å². The van der Waals surface area contributed by atoms with Crippen LogP contribution in [0.2, 0.25) is 0 Å². The largest absolute Gasteiger partial charge is 0.235 e. The first-order valence-electron chi connectivity index (χ1n) is 5.61. The molecule has 0 unspecified atom stereocenters. The second-order valence-corrected chi connectivity index (χ2v) is 5.33. The Morgan fingerprint density at radius 2 is 1.75 bits per heavy atom. The van der Waals surface area contributed by atoms with Crippen molar-refractivity contribution in [3.8, 4) is 0 Å². The fraction of sp³-hybridized carbons (Fsp3) is 0.833. The van der Waals surface area contributed by atoms with E-state index in [-0.39, 0.29) is 11.1 Å². The average Bonchev–Trinajstić information content (AvgIpc) is 2.18. The van der Waals surface area contributed by atoms with E-state index in [1.54, 1.807) is 12.2 Å². The minimum absolute atomic E-state index is 0.265. The van der Waals surface area contributed by atoms with Gasteiger partial charge in [0.05, 0.1) is 11.1 Å². The van der Waals surface area contributed by atoms with Gasteiger partial charge in [0.2, 0.25) is 12.2 Å². The van der Waals surface area contributed by atoms with Gasteiger partial charge in [0.1, 0.15) is 0 Å². The normalized spacial score (nSPS) is 30.1. The van der Waals surface area contributed by atoms with Gasteiger partial charge in [-0.2, -0.15) is 9.98 Å². The Hall–Kier alpha value is -1.24. The summed E-state index contributed by atoms with van der Waals surface area (Å²) >= 11 is 0. The Morgan fingerprint density at radius 3 is 2.19 bits per heavy atom. The Balaban J connectivity index is 2.68. The molecule has 0 N–H and O–H groups in total. The lowest BCUT2D eigenvalue weighted by Crippen LogP contribution is -2.37. The summed E-state index contributed by atoms with van der Waals surface area (Å²) in [4.78, 5) is 28.4. The highest BCUT2D eigenvalue weighted by atomic mass is 16.1. The second kappa shape index (κ2) is 4.73. The summed E-state index contributed by atoms with van der Waals surface area (Å²) in [6.07, 6.45) is 6.85. The van der Waals surface area contributed by atoms with Gasteiger partial charge in [0.15, 0.2) is 0 Å². The van der Waals surface area contributed by atoms with Gasteiger partial charge < -0.3 is 0 Å². The van der Waals surface area contributed by atoms with E-state index < -0.39 is 0 Å². The van der Waals surface area contributed by atoms with E-state index >= 15 is 0 Å². The van der Waals surface area contributed by atoms with Crippen LogP contribution in [-0.2, 0) is 9.59 Å². The molecule has 1 saturated carbocycles. The highest BCUT2D eigenvalue weighted by Crippen LogP contribution is 2.40. The predicted octanol–water partition coefficient (Wildman–Crippen LogP) is 2.39. The summed E-state index contributed by atoms with van der Waals surface area (Å²) in [5.41, 5.74) is -0.618. The van der Waals surface area contributed by atoms with Crippen molar-refractivity contribution in [3.05, 3.63) is 0 Å². The maximum absolute atomic E-state index is 10.3. The lowest BCUT2D eigenvalue weighted by Gasteiger charge is -2.38. The molecule has 0 heterocycles. The highest BCUT2D eigenvalue weighted by Gasteiger charge is 2.37. The molecular weight excluding hydrogens is 204 g/mol. The molecule has 4 nitrogen and oxygen atoms in total. The SMILES string of the molecule is CC1(N=C=O)CCC(C(C)(C)N=C=O)CC1. The molecule has 0 aromatic heterocycles. The summed E-state index contributed by atoms with van der Waals surface area (Å²) in [7, 11) is 0. The molecule has 0 aliphatic heterocycles. The monoisotopic (exact) mass is 222 g/mol. The summed E-state index contributed by atoms with van der Waals surface area (Å²) in [6.45, 7) is 5.88. The minimum Gasteiger partial charge on any atom is -0.211 e. The van der Waals surface area contributed by atoms with Crippen LogP contribution in [0.1, 0.15) is 46.5 Å². The van der Waals surface area contributed by atoms with Gasteiger partial charge in [-0.3, -0.25) is 0 Å². The molecule has 0 aromatic rings. The molecular formula is C12H18N2O2. The Bertz CT molecular complexity index is 342. The van der Waals surface area contributed by atoms with Gasteiger partial charge in [-0.25, -0.2) is 9.59 Å². The van der Waals surface area contributed by atoms with E-state index in [2.05, 4.69) is 9.98 Å². The predicted molar refractivity (Wildman–Crippen MR) is 60.7 cm³/mol. The van der Waals surface area contributed by atoms with Crippen molar-refractivity contribution in [2.24, 2.45) is 15.9 Å². The van der Waals surface area contributed by atoms with Crippen LogP contribution in [0.25, 0.3) is 0 Å². The van der Waals surface area contributed by atoms with Crippen LogP contribution in [0.15, 0.2) is 9.98 Å². The first-order valence-corrected chi connectivity index (χ1v) is 5.61. The summed E-state index contributed by atoms with van der Waals surface area (Å²) in [5.74, 6) is 0.365. The van der Waals surface area contributed by atoms with Crippen molar-refractivity contribution in [2.45, 2.75) is 57.5 Å². The van der Waals surface area contributed by atoms with Crippen molar-refractivity contribution in [1.29, 1.82) is 0 Å². The van der Waals surface area contributed by atoms with Crippen molar-refractivity contribution in [3.63, 3.8) is 0 Å². The molecule has 88 valence electrons. The molecule has 0 aromatic carbocycles. The standard InChI is InChI=1S/C12H18N2O2/c1-11(2,13-8-15)10-4-6-12(3,7-5-10)14-9-16/h10H,4-7H2,1-3H3. The summed E-state index contributed by atoms with van der Waals surface area (Å²) in [5, 5.41) is 0. The van der Waals surface area contributed by atoms with Crippen LogP contribution in [0.5, 0.6) is 0 Å². The second-order valence-electron chi connectivity index (χ2n) is 5.33. The van der Waals surface area contributed by atoms with Gasteiger partial charge >= 0.3 is 0 Å². The van der Waals surface area contributed by atoms with Gasteiger partial charge in [0.25, 0.3) is 0 Å². The zero-order valence-corrected chi connectivity index (χ0v) is 10.1. The number of aliphatic imine (C=N–C) groups is 2. The van der Waals surface area contributed by atoms with Gasteiger partial charge in [-0.1, -0.05) is 0 Å².